The Kier molecular flexibility index (Phi) is 2.82. The molecule has 82 valence electrons. The number of fused-ring (bicyclic) bond motifs is 1. The Bertz CT molecular complexity index is 186. The Labute approximate surface area is 86.8 Å². The molecule has 3 nitrogen and oxygen atoms in total. The quantitative estimate of drug-likeness (QED) is 0.671. The highest BCUT2D eigenvalue weighted by Crippen LogP contribution is 2.21. The van der Waals surface area contributed by atoms with E-state index in [1.165, 1.54) is 6.54 Å². The average Bonchev–Trinajstić information content (AvgIpc) is 2.42. The van der Waals surface area contributed by atoms with Crippen LogP contribution in [0.15, 0.2) is 0 Å². The second-order valence-corrected chi connectivity index (χ2v) is 5.72. The van der Waals surface area contributed by atoms with Gasteiger partial charge in [0.25, 0.3) is 0 Å². The van der Waals surface area contributed by atoms with Gasteiger partial charge in [-0.1, -0.05) is 20.8 Å². The molecule has 3 heteroatoms. The van der Waals surface area contributed by atoms with Crippen LogP contribution < -0.4 is 5.32 Å². The molecule has 0 amide bonds. The SMILES string of the molecule is CC(C)(C)CN1CC2NCCOC2C1. The van der Waals surface area contributed by atoms with Crippen molar-refractivity contribution in [2.24, 2.45) is 5.41 Å². The molecule has 0 aromatic rings. The number of likely N-dealkylation sites (tertiary alicyclic amines) is 1. The van der Waals surface area contributed by atoms with Crippen LogP contribution in [0.4, 0.5) is 0 Å². The minimum absolute atomic E-state index is 0.396. The lowest BCUT2D eigenvalue weighted by Crippen LogP contribution is -2.47. The highest BCUT2D eigenvalue weighted by molar-refractivity contribution is 4.93. The van der Waals surface area contributed by atoms with Crippen molar-refractivity contribution in [2.75, 3.05) is 32.8 Å². The molecule has 0 radical (unpaired) electrons. The fourth-order valence-corrected chi connectivity index (χ4v) is 2.47. The number of nitrogens with one attached hydrogen (secondary N) is 1. The van der Waals surface area contributed by atoms with Gasteiger partial charge in [0.05, 0.1) is 12.7 Å². The van der Waals surface area contributed by atoms with Crippen LogP contribution >= 0.6 is 0 Å². The number of rotatable bonds is 1. The van der Waals surface area contributed by atoms with Crippen molar-refractivity contribution < 1.29 is 4.74 Å². The van der Waals surface area contributed by atoms with Crippen molar-refractivity contribution in [3.63, 3.8) is 0 Å². The maximum atomic E-state index is 5.74. The van der Waals surface area contributed by atoms with Crippen LogP contribution in [0.5, 0.6) is 0 Å². The van der Waals surface area contributed by atoms with Gasteiger partial charge in [0, 0.05) is 32.2 Å². The van der Waals surface area contributed by atoms with Gasteiger partial charge in [-0.25, -0.2) is 0 Å². The molecule has 14 heavy (non-hydrogen) atoms. The molecule has 2 heterocycles. The monoisotopic (exact) mass is 198 g/mol. The van der Waals surface area contributed by atoms with Gasteiger partial charge in [0.2, 0.25) is 0 Å². The molecule has 2 rings (SSSR count). The average molecular weight is 198 g/mol. The number of ether oxygens (including phenoxy) is 1. The van der Waals surface area contributed by atoms with Gasteiger partial charge in [-0.05, 0) is 5.41 Å². The Morgan fingerprint density at radius 1 is 1.36 bits per heavy atom. The summed E-state index contributed by atoms with van der Waals surface area (Å²) in [5.74, 6) is 0. The molecule has 0 spiro atoms. The van der Waals surface area contributed by atoms with Crippen LogP contribution in [0.2, 0.25) is 0 Å². The lowest BCUT2D eigenvalue weighted by atomic mass is 9.96. The third-order valence-corrected chi connectivity index (χ3v) is 2.88. The molecular formula is C11H22N2O. The molecule has 2 aliphatic rings. The first-order valence-electron chi connectivity index (χ1n) is 5.62. The molecule has 2 aliphatic heterocycles. The van der Waals surface area contributed by atoms with Gasteiger partial charge in [-0.15, -0.1) is 0 Å². The third-order valence-electron chi connectivity index (χ3n) is 2.88. The maximum absolute atomic E-state index is 5.74. The smallest absolute Gasteiger partial charge is 0.0867 e. The fraction of sp³-hybridized carbons (Fsp3) is 1.00. The minimum Gasteiger partial charge on any atom is -0.374 e. The fourth-order valence-electron chi connectivity index (χ4n) is 2.47. The Morgan fingerprint density at radius 2 is 2.14 bits per heavy atom. The molecule has 2 atom stereocenters. The molecule has 0 saturated carbocycles. The van der Waals surface area contributed by atoms with E-state index in [-0.39, 0.29) is 0 Å². The standard InChI is InChI=1S/C11H22N2O/c1-11(2,3)8-13-6-9-10(7-13)14-5-4-12-9/h9-10,12H,4-8H2,1-3H3. The topological polar surface area (TPSA) is 24.5 Å². The zero-order valence-electron chi connectivity index (χ0n) is 9.55. The van der Waals surface area contributed by atoms with E-state index in [1.54, 1.807) is 0 Å². The summed E-state index contributed by atoms with van der Waals surface area (Å²) in [7, 11) is 0. The van der Waals surface area contributed by atoms with Gasteiger partial charge < -0.3 is 10.1 Å². The van der Waals surface area contributed by atoms with E-state index in [4.69, 9.17) is 4.74 Å². The van der Waals surface area contributed by atoms with Gasteiger partial charge in [-0.3, -0.25) is 4.90 Å². The molecule has 0 bridgehead atoms. The van der Waals surface area contributed by atoms with Crippen LogP contribution in [0.25, 0.3) is 0 Å². The number of nitrogens with zero attached hydrogens (tertiary/aromatic N) is 1. The van der Waals surface area contributed by atoms with E-state index in [2.05, 4.69) is 31.0 Å². The second-order valence-electron chi connectivity index (χ2n) is 5.72. The van der Waals surface area contributed by atoms with Crippen LogP contribution in [0.1, 0.15) is 20.8 Å². The van der Waals surface area contributed by atoms with Crippen LogP contribution in [-0.4, -0.2) is 49.8 Å². The number of hydrogen-bond acceptors (Lipinski definition) is 3. The summed E-state index contributed by atoms with van der Waals surface area (Å²) in [6.07, 6.45) is 0.436. The molecule has 1 N–H and O–H groups in total. The summed E-state index contributed by atoms with van der Waals surface area (Å²) >= 11 is 0. The lowest BCUT2D eigenvalue weighted by molar-refractivity contribution is 0.0169. The van der Waals surface area contributed by atoms with Crippen molar-refractivity contribution in [3.05, 3.63) is 0 Å². The van der Waals surface area contributed by atoms with Crippen molar-refractivity contribution in [1.82, 2.24) is 10.2 Å². The summed E-state index contributed by atoms with van der Waals surface area (Å²) in [5.41, 5.74) is 0.396. The van der Waals surface area contributed by atoms with Crippen LogP contribution in [0.3, 0.4) is 0 Å². The Balaban J connectivity index is 1.87. The van der Waals surface area contributed by atoms with Gasteiger partial charge in [0.15, 0.2) is 0 Å². The van der Waals surface area contributed by atoms with Crippen LogP contribution in [0, 0.1) is 5.41 Å². The molecule has 0 aromatic carbocycles. The summed E-state index contributed by atoms with van der Waals surface area (Å²) < 4.78 is 5.74. The molecule has 2 unspecified atom stereocenters. The van der Waals surface area contributed by atoms with Crippen LogP contribution in [-0.2, 0) is 4.74 Å². The van der Waals surface area contributed by atoms with Gasteiger partial charge >= 0.3 is 0 Å². The van der Waals surface area contributed by atoms with E-state index >= 15 is 0 Å². The predicted molar refractivity (Wildman–Crippen MR) is 57.4 cm³/mol. The first-order chi connectivity index (χ1) is 6.54. The maximum Gasteiger partial charge on any atom is 0.0867 e. The van der Waals surface area contributed by atoms with E-state index in [1.807, 2.05) is 0 Å². The third kappa shape index (κ3) is 2.47. The summed E-state index contributed by atoms with van der Waals surface area (Å²) in [4.78, 5) is 2.52. The first kappa shape index (κ1) is 10.4. The lowest BCUT2D eigenvalue weighted by Gasteiger charge is -2.25. The summed E-state index contributed by atoms with van der Waals surface area (Å²) in [5, 5.41) is 3.53. The molecule has 2 fully saturated rings. The zero-order chi connectivity index (χ0) is 10.2. The van der Waals surface area contributed by atoms with Gasteiger partial charge in [0.1, 0.15) is 0 Å². The molecular weight excluding hydrogens is 176 g/mol. The summed E-state index contributed by atoms with van der Waals surface area (Å²) in [6, 6.07) is 0.575. The Hall–Kier alpha value is -0.120. The molecule has 2 saturated heterocycles. The van der Waals surface area contributed by atoms with E-state index < -0.39 is 0 Å². The largest absolute Gasteiger partial charge is 0.374 e. The van der Waals surface area contributed by atoms with E-state index in [9.17, 15) is 0 Å². The minimum atomic E-state index is 0.396. The van der Waals surface area contributed by atoms with Crippen molar-refractivity contribution >= 4 is 0 Å². The van der Waals surface area contributed by atoms with Crippen molar-refractivity contribution in [2.45, 2.75) is 32.9 Å². The second kappa shape index (κ2) is 3.80. The first-order valence-corrected chi connectivity index (χ1v) is 5.62. The van der Waals surface area contributed by atoms with Crippen molar-refractivity contribution in [1.29, 1.82) is 0 Å². The highest BCUT2D eigenvalue weighted by atomic mass is 16.5. The Morgan fingerprint density at radius 3 is 2.79 bits per heavy atom. The predicted octanol–water partition coefficient (Wildman–Crippen LogP) is 0.705. The number of morpholine rings is 1. The van der Waals surface area contributed by atoms with Gasteiger partial charge in [-0.2, -0.15) is 0 Å². The van der Waals surface area contributed by atoms with Crippen molar-refractivity contribution in [3.8, 4) is 0 Å². The zero-order valence-corrected chi connectivity index (χ0v) is 9.55. The number of hydrogen-bond donors (Lipinski definition) is 1. The normalized spacial score (nSPS) is 34.5. The molecule has 0 aromatic heterocycles. The highest BCUT2D eigenvalue weighted by Gasteiger charge is 2.36. The summed E-state index contributed by atoms with van der Waals surface area (Å²) in [6.45, 7) is 12.2. The van der Waals surface area contributed by atoms with E-state index in [0.29, 0.717) is 17.6 Å². The molecule has 0 aliphatic carbocycles. The van der Waals surface area contributed by atoms with E-state index in [0.717, 1.165) is 26.2 Å².